The summed E-state index contributed by atoms with van der Waals surface area (Å²) in [6.07, 6.45) is 56.2. The predicted molar refractivity (Wildman–Crippen MR) is 318 cm³/mol. The normalized spacial score (nSPS) is 25.5. The molecule has 0 aromatic rings. The Morgan fingerprint density at radius 1 is 0.468 bits per heavy atom. The zero-order chi connectivity index (χ0) is 57.4. The van der Waals surface area contributed by atoms with E-state index in [-0.39, 0.29) is 18.9 Å². The zero-order valence-electron chi connectivity index (χ0n) is 47.8. The van der Waals surface area contributed by atoms with E-state index in [1.54, 1.807) is 6.08 Å². The first-order valence-corrected chi connectivity index (χ1v) is 29.6. The number of carbonyl (C=O) groups excluding carboxylic acids is 1. The van der Waals surface area contributed by atoms with Gasteiger partial charge in [-0.1, -0.05) is 192 Å². The highest BCUT2D eigenvalue weighted by molar-refractivity contribution is 5.76. The van der Waals surface area contributed by atoms with Crippen molar-refractivity contribution in [1.29, 1.82) is 0 Å². The van der Waals surface area contributed by atoms with Crippen LogP contribution < -0.4 is 5.32 Å². The molecule has 14 heteroatoms. The summed E-state index contributed by atoms with van der Waals surface area (Å²) in [7, 11) is 0. The summed E-state index contributed by atoms with van der Waals surface area (Å²) in [4.78, 5) is 13.2. The van der Waals surface area contributed by atoms with Gasteiger partial charge in [-0.3, -0.25) is 4.79 Å². The minimum absolute atomic E-state index is 0.233. The van der Waals surface area contributed by atoms with Crippen LogP contribution in [0.25, 0.3) is 0 Å². The molecule has 14 nitrogen and oxygen atoms in total. The Bertz CT molecular complexity index is 1880. The van der Waals surface area contributed by atoms with Crippen LogP contribution in [0.4, 0.5) is 0 Å². The van der Waals surface area contributed by atoms with Crippen LogP contribution in [-0.4, -0.2) is 140 Å². The van der Waals surface area contributed by atoms with Crippen molar-refractivity contribution in [3.05, 3.63) is 146 Å². The Hall–Kier alpha value is -4.13. The maximum Gasteiger partial charge on any atom is 0.220 e. The SMILES string of the molecule is CC/C=C\C/C=C\C/C=C\C/C=C\C/C=C\C/C=C\C/C=C\C/C=C\C/C=C\C/C=C\CCCCCCC(=O)NC(COC1OC(CO)C(OC2OC(CO)C(O)C(O)C2O)C(O)C1O)C(O)/C=C/CC/C=C/CCCCCC. The summed E-state index contributed by atoms with van der Waals surface area (Å²) in [6, 6.07) is -0.955. The van der Waals surface area contributed by atoms with E-state index in [9.17, 15) is 45.6 Å². The standard InChI is InChI=1S/C65H103NO13/c1-3-5-7-9-11-13-15-16-17-18-19-20-21-22-23-24-25-26-27-28-29-30-31-32-33-34-35-36-37-38-39-41-43-45-47-49-57(70)66-53(54(69)48-46-44-42-40-14-12-10-8-6-4-2)52-76-64-62(75)60(73)63(56(51-68)78-64)79-65-61(74)59(72)58(71)55(50-67)77-65/h5,7,11,13-14,16-17,19-20,22-23,25-26,28-29,31-32,34-35,37-38,40,46,48,53-56,58-65,67-69,71-75H,3-4,6,8-10,12,15,18,21,24,27,30,33,36,39,41-45,47,49-52H2,1-2H3,(H,66,70)/b7-5-,13-11-,17-16-,20-19-,23-22-,26-25-,29-28-,32-31-,35-34-,38-37-,40-14+,48-46+. The number of rotatable bonds is 44. The zero-order valence-corrected chi connectivity index (χ0v) is 47.8. The Morgan fingerprint density at radius 3 is 1.38 bits per heavy atom. The van der Waals surface area contributed by atoms with Crippen LogP contribution in [0.15, 0.2) is 146 Å². The molecule has 2 saturated heterocycles. The molecule has 1 amide bonds. The lowest BCUT2D eigenvalue weighted by Crippen LogP contribution is -2.65. The average molecular weight is 1110 g/mol. The summed E-state index contributed by atoms with van der Waals surface area (Å²) >= 11 is 0. The minimum Gasteiger partial charge on any atom is -0.394 e. The van der Waals surface area contributed by atoms with Crippen molar-refractivity contribution in [3.63, 3.8) is 0 Å². The smallest absolute Gasteiger partial charge is 0.220 e. The van der Waals surface area contributed by atoms with Crippen molar-refractivity contribution >= 4 is 5.91 Å². The van der Waals surface area contributed by atoms with E-state index >= 15 is 0 Å². The number of allylic oxidation sites excluding steroid dienone is 23. The first-order valence-electron chi connectivity index (χ1n) is 29.6. The molecule has 2 aliphatic heterocycles. The summed E-state index contributed by atoms with van der Waals surface area (Å²) in [5.74, 6) is -0.284. The molecule has 0 radical (unpaired) electrons. The maximum atomic E-state index is 13.2. The largest absolute Gasteiger partial charge is 0.394 e. The van der Waals surface area contributed by atoms with Gasteiger partial charge in [0.05, 0.1) is 32.0 Å². The molecule has 0 saturated carbocycles. The minimum atomic E-state index is -1.80. The van der Waals surface area contributed by atoms with Crippen molar-refractivity contribution in [1.82, 2.24) is 5.32 Å². The predicted octanol–water partition coefficient (Wildman–Crippen LogP) is 10.2. The van der Waals surface area contributed by atoms with E-state index in [0.29, 0.717) is 12.8 Å². The topological polar surface area (TPSA) is 228 Å². The van der Waals surface area contributed by atoms with Crippen LogP contribution >= 0.6 is 0 Å². The van der Waals surface area contributed by atoms with Crippen LogP contribution in [0.5, 0.6) is 0 Å². The molecule has 12 atom stereocenters. The fourth-order valence-electron chi connectivity index (χ4n) is 8.51. The molecule has 2 fully saturated rings. The fourth-order valence-corrected chi connectivity index (χ4v) is 8.51. The van der Waals surface area contributed by atoms with E-state index < -0.39 is 86.8 Å². The van der Waals surface area contributed by atoms with Gasteiger partial charge >= 0.3 is 0 Å². The average Bonchev–Trinajstić information content (AvgIpc) is 3.47. The molecule has 9 N–H and O–H groups in total. The van der Waals surface area contributed by atoms with Crippen LogP contribution in [0.2, 0.25) is 0 Å². The van der Waals surface area contributed by atoms with Crippen LogP contribution in [0.1, 0.15) is 162 Å². The molecule has 446 valence electrons. The van der Waals surface area contributed by atoms with Gasteiger partial charge in [0, 0.05) is 6.42 Å². The number of aliphatic hydroxyl groups is 8. The summed E-state index contributed by atoms with van der Waals surface area (Å²) < 4.78 is 22.7. The van der Waals surface area contributed by atoms with E-state index in [2.05, 4.69) is 153 Å². The van der Waals surface area contributed by atoms with E-state index in [0.717, 1.165) is 109 Å². The summed E-state index contributed by atoms with van der Waals surface area (Å²) in [5, 5.41) is 86.8. The van der Waals surface area contributed by atoms with Gasteiger partial charge in [0.2, 0.25) is 5.91 Å². The second kappa shape index (κ2) is 48.6. The molecule has 0 bridgehead atoms. The highest BCUT2D eigenvalue weighted by atomic mass is 16.7. The van der Waals surface area contributed by atoms with Gasteiger partial charge in [0.25, 0.3) is 0 Å². The van der Waals surface area contributed by atoms with Gasteiger partial charge < -0.3 is 65.1 Å². The summed E-state index contributed by atoms with van der Waals surface area (Å²) in [5.41, 5.74) is 0. The van der Waals surface area contributed by atoms with Crippen LogP contribution in [0, 0.1) is 0 Å². The highest BCUT2D eigenvalue weighted by Gasteiger charge is 2.51. The third kappa shape index (κ3) is 34.0. The molecule has 2 aliphatic rings. The van der Waals surface area contributed by atoms with Crippen molar-refractivity contribution in [3.8, 4) is 0 Å². The Labute approximate surface area is 474 Å². The quantitative estimate of drug-likeness (QED) is 0.0205. The Balaban J connectivity index is 1.69. The number of nitrogens with one attached hydrogen (secondary N) is 1. The second-order valence-electron chi connectivity index (χ2n) is 20.0. The third-order valence-electron chi connectivity index (χ3n) is 13.3. The number of hydrogen-bond donors (Lipinski definition) is 9. The molecule has 0 aromatic carbocycles. The van der Waals surface area contributed by atoms with Crippen molar-refractivity contribution in [2.24, 2.45) is 0 Å². The first kappa shape index (κ1) is 71.0. The summed E-state index contributed by atoms with van der Waals surface area (Å²) in [6.45, 7) is 2.56. The molecular weight excluding hydrogens is 1000 g/mol. The number of hydrogen-bond acceptors (Lipinski definition) is 13. The maximum absolute atomic E-state index is 13.2. The van der Waals surface area contributed by atoms with Crippen LogP contribution in [0.3, 0.4) is 0 Å². The van der Waals surface area contributed by atoms with Crippen molar-refractivity contribution in [2.45, 2.75) is 235 Å². The van der Waals surface area contributed by atoms with Gasteiger partial charge in [-0.2, -0.15) is 0 Å². The number of aliphatic hydroxyl groups excluding tert-OH is 8. The van der Waals surface area contributed by atoms with Crippen molar-refractivity contribution in [2.75, 3.05) is 19.8 Å². The van der Waals surface area contributed by atoms with Gasteiger partial charge in [-0.25, -0.2) is 0 Å². The van der Waals surface area contributed by atoms with Crippen molar-refractivity contribution < 1.29 is 64.6 Å². The molecule has 0 aliphatic carbocycles. The van der Waals surface area contributed by atoms with Gasteiger partial charge in [-0.15, -0.1) is 0 Å². The molecule has 2 heterocycles. The lowest BCUT2D eigenvalue weighted by Gasteiger charge is -2.46. The van der Waals surface area contributed by atoms with Gasteiger partial charge in [-0.05, 0) is 109 Å². The third-order valence-corrected chi connectivity index (χ3v) is 13.3. The highest BCUT2D eigenvalue weighted by Crippen LogP contribution is 2.30. The molecule has 12 unspecified atom stereocenters. The fraction of sp³-hybridized carbons (Fsp3) is 0.615. The number of carbonyl (C=O) groups is 1. The number of amides is 1. The van der Waals surface area contributed by atoms with E-state index in [1.165, 1.54) is 19.3 Å². The molecule has 2 rings (SSSR count). The Kier molecular flexibility index (Phi) is 43.6. The molecule has 79 heavy (non-hydrogen) atoms. The molecule has 0 spiro atoms. The molecule has 0 aromatic heterocycles. The Morgan fingerprint density at radius 2 is 0.886 bits per heavy atom. The van der Waals surface area contributed by atoms with Crippen LogP contribution in [-0.2, 0) is 23.7 Å². The first-order chi connectivity index (χ1) is 38.6. The lowest BCUT2D eigenvalue weighted by atomic mass is 9.97. The van der Waals surface area contributed by atoms with Gasteiger partial charge in [0.15, 0.2) is 12.6 Å². The van der Waals surface area contributed by atoms with E-state index in [1.807, 2.05) is 6.08 Å². The number of unbranched alkanes of at least 4 members (excludes halogenated alkanes) is 9. The molecular formula is C65H103NO13. The number of ether oxygens (including phenoxy) is 4. The van der Waals surface area contributed by atoms with E-state index in [4.69, 9.17) is 18.9 Å². The monoisotopic (exact) mass is 1110 g/mol. The lowest BCUT2D eigenvalue weighted by molar-refractivity contribution is -0.359. The van der Waals surface area contributed by atoms with Gasteiger partial charge in [0.1, 0.15) is 48.8 Å². The second-order valence-corrected chi connectivity index (χ2v) is 20.0.